The molecule has 0 atom stereocenters. The van der Waals surface area contributed by atoms with Crippen molar-refractivity contribution >= 4 is 11.6 Å². The van der Waals surface area contributed by atoms with Gasteiger partial charge in [-0.3, -0.25) is 9.59 Å². The summed E-state index contributed by atoms with van der Waals surface area (Å²) >= 11 is 0. The van der Waals surface area contributed by atoms with Gasteiger partial charge in [0.2, 0.25) is 0 Å². The van der Waals surface area contributed by atoms with Gasteiger partial charge in [-0.15, -0.1) is 0 Å². The number of Topliss-reactive ketones (excluding diaryl/α,β-unsaturated/α-hetero) is 2. The van der Waals surface area contributed by atoms with Gasteiger partial charge in [-0.05, 0) is 23.2 Å². The maximum Gasteiger partial charge on any atom is 0.166 e. The van der Waals surface area contributed by atoms with Crippen molar-refractivity contribution in [2.45, 2.75) is 67.7 Å². The molecule has 0 spiro atoms. The number of carbonyl (C=O) groups excluding carboxylic acids is 2. The van der Waals surface area contributed by atoms with Crippen LogP contribution in [0.1, 0.15) is 67.7 Å². The zero-order chi connectivity index (χ0) is 15.0. The fourth-order valence-corrected chi connectivity index (χ4v) is 2.79. The Labute approximate surface area is 117 Å². The van der Waals surface area contributed by atoms with Crippen molar-refractivity contribution in [1.29, 1.82) is 0 Å². The van der Waals surface area contributed by atoms with Crippen LogP contribution < -0.4 is 0 Å². The van der Waals surface area contributed by atoms with E-state index in [9.17, 15) is 9.59 Å². The Hall–Kier alpha value is -0.920. The SMILES string of the molecule is CC(C)CC(=C1C(=O)CC(C)(C)CC1=O)C(C)(C)C. The monoisotopic (exact) mass is 264 g/mol. The lowest BCUT2D eigenvalue weighted by molar-refractivity contribution is -0.127. The van der Waals surface area contributed by atoms with E-state index in [1.807, 2.05) is 13.8 Å². The summed E-state index contributed by atoms with van der Waals surface area (Å²) in [6.07, 6.45) is 1.81. The molecule has 0 amide bonds. The first-order valence-electron chi connectivity index (χ1n) is 7.24. The number of ketones is 2. The summed E-state index contributed by atoms with van der Waals surface area (Å²) in [7, 11) is 0. The molecule has 0 aromatic carbocycles. The molecular weight excluding hydrogens is 236 g/mol. The van der Waals surface area contributed by atoms with Gasteiger partial charge in [-0.2, -0.15) is 0 Å². The van der Waals surface area contributed by atoms with Crippen molar-refractivity contribution in [3.63, 3.8) is 0 Å². The molecule has 0 radical (unpaired) electrons. The molecule has 0 aromatic rings. The maximum atomic E-state index is 12.4. The van der Waals surface area contributed by atoms with E-state index in [0.29, 0.717) is 24.3 Å². The molecule has 108 valence electrons. The fraction of sp³-hybridized carbons (Fsp3) is 0.765. The quantitative estimate of drug-likeness (QED) is 0.549. The highest BCUT2D eigenvalue weighted by molar-refractivity contribution is 6.22. The summed E-state index contributed by atoms with van der Waals surface area (Å²) in [5.41, 5.74) is 1.26. The molecule has 2 heteroatoms. The molecule has 0 aliphatic heterocycles. The van der Waals surface area contributed by atoms with Gasteiger partial charge in [0, 0.05) is 12.8 Å². The minimum Gasteiger partial charge on any atom is -0.294 e. The van der Waals surface area contributed by atoms with Crippen LogP contribution in [0.15, 0.2) is 11.1 Å². The second kappa shape index (κ2) is 5.22. The van der Waals surface area contributed by atoms with Crippen LogP contribution in [0.5, 0.6) is 0 Å². The number of rotatable bonds is 2. The van der Waals surface area contributed by atoms with Gasteiger partial charge >= 0.3 is 0 Å². The lowest BCUT2D eigenvalue weighted by Gasteiger charge is -2.33. The second-order valence-corrected chi connectivity index (χ2v) is 8.07. The van der Waals surface area contributed by atoms with Crippen LogP contribution >= 0.6 is 0 Å². The highest BCUT2D eigenvalue weighted by atomic mass is 16.1. The lowest BCUT2D eigenvalue weighted by Crippen LogP contribution is -2.34. The van der Waals surface area contributed by atoms with E-state index in [1.165, 1.54) is 0 Å². The van der Waals surface area contributed by atoms with Crippen LogP contribution in [-0.2, 0) is 9.59 Å². The minimum atomic E-state index is -0.182. The van der Waals surface area contributed by atoms with Crippen LogP contribution in [0.2, 0.25) is 0 Å². The standard InChI is InChI=1S/C17H28O2/c1-11(2)8-12(16(3,4)5)15-13(18)9-17(6,7)10-14(15)19/h11H,8-10H2,1-7H3. The third-order valence-corrected chi connectivity index (χ3v) is 3.66. The van der Waals surface area contributed by atoms with Gasteiger partial charge in [0.05, 0.1) is 5.57 Å². The molecule has 1 saturated carbocycles. The average molecular weight is 264 g/mol. The first-order valence-corrected chi connectivity index (χ1v) is 7.24. The van der Waals surface area contributed by atoms with Crippen molar-refractivity contribution in [3.05, 3.63) is 11.1 Å². The molecule has 0 saturated heterocycles. The molecule has 0 heterocycles. The van der Waals surface area contributed by atoms with Crippen LogP contribution in [0.4, 0.5) is 0 Å². The number of hydrogen-bond acceptors (Lipinski definition) is 2. The number of allylic oxidation sites excluding steroid dienone is 2. The van der Waals surface area contributed by atoms with E-state index in [1.54, 1.807) is 0 Å². The summed E-state index contributed by atoms with van der Waals surface area (Å²) in [6.45, 7) is 14.5. The molecule has 0 bridgehead atoms. The minimum absolute atomic E-state index is 0.0480. The van der Waals surface area contributed by atoms with Crippen molar-refractivity contribution in [2.75, 3.05) is 0 Å². The molecule has 1 fully saturated rings. The Morgan fingerprint density at radius 2 is 1.53 bits per heavy atom. The first kappa shape index (κ1) is 16.1. The third kappa shape index (κ3) is 4.02. The maximum absolute atomic E-state index is 12.4. The third-order valence-electron chi connectivity index (χ3n) is 3.66. The summed E-state index contributed by atoms with van der Waals surface area (Å²) in [5, 5.41) is 0. The number of hydrogen-bond donors (Lipinski definition) is 0. The van der Waals surface area contributed by atoms with E-state index in [-0.39, 0.29) is 22.4 Å². The molecule has 0 aromatic heterocycles. The largest absolute Gasteiger partial charge is 0.294 e. The lowest BCUT2D eigenvalue weighted by atomic mass is 9.69. The van der Waals surface area contributed by atoms with E-state index in [2.05, 4.69) is 34.6 Å². The predicted octanol–water partition coefficient (Wildman–Crippen LogP) is 4.33. The average Bonchev–Trinajstić information content (AvgIpc) is 2.10. The molecular formula is C17H28O2. The van der Waals surface area contributed by atoms with Gasteiger partial charge in [-0.25, -0.2) is 0 Å². The highest BCUT2D eigenvalue weighted by Gasteiger charge is 2.39. The van der Waals surface area contributed by atoms with Crippen molar-refractivity contribution in [1.82, 2.24) is 0 Å². The van der Waals surface area contributed by atoms with E-state index < -0.39 is 0 Å². The summed E-state index contributed by atoms with van der Waals surface area (Å²) in [6, 6.07) is 0. The zero-order valence-corrected chi connectivity index (χ0v) is 13.5. The Morgan fingerprint density at radius 1 is 1.11 bits per heavy atom. The Balaban J connectivity index is 3.30. The Kier molecular flexibility index (Phi) is 4.44. The summed E-state index contributed by atoms with van der Waals surface area (Å²) in [4.78, 5) is 24.8. The van der Waals surface area contributed by atoms with Gasteiger partial charge in [0.1, 0.15) is 0 Å². The Bertz CT molecular complexity index is 395. The normalized spacial score (nSPS) is 20.1. The van der Waals surface area contributed by atoms with Gasteiger partial charge < -0.3 is 0 Å². The number of carbonyl (C=O) groups is 2. The molecule has 1 aliphatic rings. The molecule has 1 rings (SSSR count). The van der Waals surface area contributed by atoms with Crippen LogP contribution in [0.25, 0.3) is 0 Å². The van der Waals surface area contributed by atoms with Crippen LogP contribution in [0.3, 0.4) is 0 Å². The summed E-state index contributed by atoms with van der Waals surface area (Å²) < 4.78 is 0. The van der Waals surface area contributed by atoms with Crippen LogP contribution in [-0.4, -0.2) is 11.6 Å². The first-order chi connectivity index (χ1) is 8.44. The van der Waals surface area contributed by atoms with Crippen molar-refractivity contribution in [2.24, 2.45) is 16.7 Å². The topological polar surface area (TPSA) is 34.1 Å². The van der Waals surface area contributed by atoms with Crippen molar-refractivity contribution < 1.29 is 9.59 Å². The molecule has 1 aliphatic carbocycles. The van der Waals surface area contributed by atoms with Gasteiger partial charge in [0.15, 0.2) is 11.6 Å². The van der Waals surface area contributed by atoms with Gasteiger partial charge in [0.25, 0.3) is 0 Å². The molecule has 2 nitrogen and oxygen atoms in total. The van der Waals surface area contributed by atoms with E-state index >= 15 is 0 Å². The smallest absolute Gasteiger partial charge is 0.166 e. The Morgan fingerprint density at radius 3 is 1.84 bits per heavy atom. The molecule has 0 N–H and O–H groups in total. The zero-order valence-electron chi connectivity index (χ0n) is 13.5. The van der Waals surface area contributed by atoms with Crippen LogP contribution in [0, 0.1) is 16.7 Å². The van der Waals surface area contributed by atoms with E-state index in [0.717, 1.165) is 12.0 Å². The second-order valence-electron chi connectivity index (χ2n) is 8.07. The van der Waals surface area contributed by atoms with Gasteiger partial charge in [-0.1, -0.05) is 54.0 Å². The molecule has 19 heavy (non-hydrogen) atoms. The van der Waals surface area contributed by atoms with Crippen molar-refractivity contribution in [3.8, 4) is 0 Å². The fourth-order valence-electron chi connectivity index (χ4n) is 2.79. The predicted molar refractivity (Wildman–Crippen MR) is 79.0 cm³/mol. The molecule has 0 unspecified atom stereocenters. The highest BCUT2D eigenvalue weighted by Crippen LogP contribution is 2.40. The summed E-state index contributed by atoms with van der Waals surface area (Å²) in [5.74, 6) is 0.552. The van der Waals surface area contributed by atoms with E-state index in [4.69, 9.17) is 0 Å².